The fraction of sp³-hybridized carbons (Fsp3) is 1.00. The third-order valence-corrected chi connectivity index (χ3v) is 1.68. The van der Waals surface area contributed by atoms with E-state index in [1.807, 2.05) is 20.8 Å². The first-order valence-corrected chi connectivity index (χ1v) is 5.77. The number of hydrogen-bond donors (Lipinski definition) is 1. The van der Waals surface area contributed by atoms with Crippen molar-refractivity contribution in [1.82, 2.24) is 0 Å². The average molecular weight is 268 g/mol. The Hall–Kier alpha value is -0.380. The molecule has 1 N–H and O–H groups in total. The molecule has 5 nitrogen and oxygen atoms in total. The molecule has 16 heavy (non-hydrogen) atoms. The van der Waals surface area contributed by atoms with E-state index in [0.29, 0.717) is 0 Å². The van der Waals surface area contributed by atoms with Gasteiger partial charge in [0.2, 0.25) is 0 Å². The molecule has 0 spiro atoms. The lowest BCUT2D eigenvalue weighted by Gasteiger charge is -2.09. The van der Waals surface area contributed by atoms with Crippen molar-refractivity contribution in [3.8, 4) is 0 Å². The van der Waals surface area contributed by atoms with Gasteiger partial charge in [0.1, 0.15) is 0 Å². The quantitative estimate of drug-likeness (QED) is 0.478. The molecule has 0 aliphatic rings. The van der Waals surface area contributed by atoms with Crippen LogP contribution < -0.4 is 0 Å². The Labute approximate surface area is 92.3 Å². The van der Waals surface area contributed by atoms with E-state index in [1.165, 1.54) is 0 Å². The zero-order valence-corrected chi connectivity index (χ0v) is 9.93. The fourth-order valence-electron chi connectivity index (χ4n) is 0.518. The maximum absolute atomic E-state index is 10.7. The van der Waals surface area contributed by atoms with Crippen LogP contribution in [0.25, 0.3) is 0 Å². The molecule has 0 saturated carbocycles. The normalized spacial score (nSPS) is 12.2. The summed E-state index contributed by atoms with van der Waals surface area (Å²) in [5.74, 6) is 0. The van der Waals surface area contributed by atoms with Gasteiger partial charge in [0.15, 0.2) is 6.29 Å². The maximum Gasteiger partial charge on any atom is 0.522 e. The first-order chi connectivity index (χ1) is 7.06. The smallest absolute Gasteiger partial charge is 0.353 e. The number of hydrogen-bond acceptors (Lipinski definition) is 4. The lowest BCUT2D eigenvalue weighted by atomic mass is 10.7. The summed E-state index contributed by atoms with van der Waals surface area (Å²) in [6, 6.07) is 0. The largest absolute Gasteiger partial charge is 0.522 e. The van der Waals surface area contributed by atoms with Crippen molar-refractivity contribution in [1.29, 1.82) is 0 Å². The summed E-state index contributed by atoms with van der Waals surface area (Å²) < 4.78 is 67.7. The summed E-state index contributed by atoms with van der Waals surface area (Å²) in [4.78, 5) is 0. The molecule has 0 amide bonds. The molecule has 0 rings (SSSR count). The SMILES string of the molecule is CCOC(C)OCC.O=S(=O)(O)C(F)(F)F. The molecule has 0 aromatic rings. The van der Waals surface area contributed by atoms with Gasteiger partial charge in [-0.2, -0.15) is 21.6 Å². The number of ether oxygens (including phenoxy) is 2. The van der Waals surface area contributed by atoms with Gasteiger partial charge >= 0.3 is 15.6 Å². The van der Waals surface area contributed by atoms with Gasteiger partial charge in [-0.3, -0.25) is 4.55 Å². The van der Waals surface area contributed by atoms with Crippen molar-refractivity contribution in [2.75, 3.05) is 13.2 Å². The minimum absolute atomic E-state index is 0.0370. The molecule has 0 radical (unpaired) electrons. The number of halogens is 3. The first kappa shape index (κ1) is 18.0. The highest BCUT2D eigenvalue weighted by atomic mass is 32.2. The van der Waals surface area contributed by atoms with Crippen LogP contribution in [-0.2, 0) is 19.6 Å². The number of rotatable bonds is 4. The second-order valence-corrected chi connectivity index (χ2v) is 3.81. The highest BCUT2D eigenvalue weighted by Gasteiger charge is 2.44. The lowest BCUT2D eigenvalue weighted by molar-refractivity contribution is -0.123. The van der Waals surface area contributed by atoms with Crippen LogP contribution in [0.15, 0.2) is 0 Å². The zero-order chi connectivity index (χ0) is 13.4. The lowest BCUT2D eigenvalue weighted by Crippen LogP contribution is -2.21. The topological polar surface area (TPSA) is 72.8 Å². The summed E-state index contributed by atoms with van der Waals surface area (Å²) in [6.07, 6.45) is -0.0370. The molecular formula is C7H15F3O5S. The molecule has 0 aromatic carbocycles. The van der Waals surface area contributed by atoms with Crippen LogP contribution in [0.4, 0.5) is 13.2 Å². The van der Waals surface area contributed by atoms with Crippen LogP contribution in [-0.4, -0.2) is 38.0 Å². The van der Waals surface area contributed by atoms with Gasteiger partial charge in [-0.15, -0.1) is 0 Å². The van der Waals surface area contributed by atoms with E-state index in [0.717, 1.165) is 13.2 Å². The highest BCUT2D eigenvalue weighted by Crippen LogP contribution is 2.20. The van der Waals surface area contributed by atoms with Crippen LogP contribution in [0.3, 0.4) is 0 Å². The highest BCUT2D eigenvalue weighted by molar-refractivity contribution is 7.86. The van der Waals surface area contributed by atoms with Gasteiger partial charge in [-0.05, 0) is 20.8 Å². The van der Waals surface area contributed by atoms with E-state index >= 15 is 0 Å². The van der Waals surface area contributed by atoms with Crippen LogP contribution in [0.1, 0.15) is 20.8 Å². The minimum atomic E-state index is -5.84. The van der Waals surface area contributed by atoms with Crippen molar-refractivity contribution >= 4 is 10.1 Å². The predicted octanol–water partition coefficient (Wildman–Crippen LogP) is 1.80. The van der Waals surface area contributed by atoms with Crippen LogP contribution in [0.5, 0.6) is 0 Å². The van der Waals surface area contributed by atoms with Gasteiger partial charge in [0.25, 0.3) is 0 Å². The van der Waals surface area contributed by atoms with E-state index in [1.54, 1.807) is 0 Å². The molecule has 9 heteroatoms. The first-order valence-electron chi connectivity index (χ1n) is 4.33. The zero-order valence-electron chi connectivity index (χ0n) is 9.11. The van der Waals surface area contributed by atoms with Gasteiger partial charge in [-0.1, -0.05) is 0 Å². The third kappa shape index (κ3) is 10.1. The summed E-state index contributed by atoms with van der Waals surface area (Å²) >= 11 is 0. The summed E-state index contributed by atoms with van der Waals surface area (Å²) in [6.45, 7) is 7.25. The van der Waals surface area contributed by atoms with E-state index in [2.05, 4.69) is 0 Å². The summed E-state index contributed by atoms with van der Waals surface area (Å²) in [5, 5.41) is 0. The molecular weight excluding hydrogens is 253 g/mol. The monoisotopic (exact) mass is 268 g/mol. The molecule has 0 aliphatic carbocycles. The second-order valence-electron chi connectivity index (χ2n) is 2.40. The Kier molecular flexibility index (Phi) is 8.80. The summed E-state index contributed by atoms with van der Waals surface area (Å²) in [5.41, 5.74) is -5.53. The molecule has 0 bridgehead atoms. The van der Waals surface area contributed by atoms with Crippen LogP contribution in [0.2, 0.25) is 0 Å². The number of alkyl halides is 3. The molecule has 0 aromatic heterocycles. The van der Waals surface area contributed by atoms with E-state index < -0.39 is 15.6 Å². The molecule has 100 valence electrons. The van der Waals surface area contributed by atoms with Gasteiger partial charge in [-0.25, -0.2) is 0 Å². The molecule has 0 saturated heterocycles. The Morgan fingerprint density at radius 2 is 1.44 bits per heavy atom. The molecule has 0 heterocycles. The fourth-order valence-corrected chi connectivity index (χ4v) is 0.518. The third-order valence-electron chi connectivity index (χ3n) is 1.10. The van der Waals surface area contributed by atoms with E-state index in [-0.39, 0.29) is 6.29 Å². The molecule has 0 unspecified atom stereocenters. The Morgan fingerprint density at radius 3 is 1.56 bits per heavy atom. The average Bonchev–Trinajstić information content (AvgIpc) is 2.02. The van der Waals surface area contributed by atoms with Crippen LogP contribution >= 0.6 is 0 Å². The second kappa shape index (κ2) is 7.82. The maximum atomic E-state index is 10.7. The Morgan fingerprint density at radius 1 is 1.19 bits per heavy atom. The van der Waals surface area contributed by atoms with Crippen molar-refractivity contribution in [3.05, 3.63) is 0 Å². The minimum Gasteiger partial charge on any atom is -0.353 e. The molecule has 0 atom stereocenters. The molecule has 0 aliphatic heterocycles. The van der Waals surface area contributed by atoms with Gasteiger partial charge in [0.05, 0.1) is 0 Å². The van der Waals surface area contributed by atoms with E-state index in [9.17, 15) is 13.2 Å². The van der Waals surface area contributed by atoms with E-state index in [4.69, 9.17) is 22.4 Å². The standard InChI is InChI=1S/C6H14O2.CHF3O3S/c1-4-7-6(3)8-5-2;2-1(3,4)8(5,6)7/h6H,4-5H2,1-3H3;(H,5,6,7). The van der Waals surface area contributed by atoms with Crippen molar-refractivity contribution < 1.29 is 35.6 Å². The van der Waals surface area contributed by atoms with Crippen molar-refractivity contribution in [3.63, 3.8) is 0 Å². The van der Waals surface area contributed by atoms with Gasteiger partial charge < -0.3 is 9.47 Å². The Balaban J connectivity index is 0. The van der Waals surface area contributed by atoms with Crippen molar-refractivity contribution in [2.24, 2.45) is 0 Å². The van der Waals surface area contributed by atoms with Crippen LogP contribution in [0, 0.1) is 0 Å². The molecule has 0 fully saturated rings. The summed E-state index contributed by atoms with van der Waals surface area (Å²) in [7, 11) is -5.84. The Bertz CT molecular complexity index is 256. The van der Waals surface area contributed by atoms with Gasteiger partial charge in [0, 0.05) is 13.2 Å². The predicted molar refractivity (Wildman–Crippen MR) is 50.3 cm³/mol. The van der Waals surface area contributed by atoms with Crippen molar-refractivity contribution in [2.45, 2.75) is 32.6 Å².